The monoisotopic (exact) mass is 380 g/mol. The predicted molar refractivity (Wildman–Crippen MR) is 118 cm³/mol. The maximum Gasteiger partial charge on any atom is 0.132 e. The molecular formula is C26H36O2. The zero-order valence-electron chi connectivity index (χ0n) is 18.4. The Morgan fingerprint density at radius 3 is 2.50 bits per heavy atom. The van der Waals surface area contributed by atoms with Crippen LogP contribution in [0.25, 0.3) is 11.1 Å². The van der Waals surface area contributed by atoms with Crippen molar-refractivity contribution in [3.63, 3.8) is 0 Å². The van der Waals surface area contributed by atoms with Crippen LogP contribution >= 0.6 is 0 Å². The van der Waals surface area contributed by atoms with Crippen molar-refractivity contribution in [2.24, 2.45) is 5.92 Å². The lowest BCUT2D eigenvalue weighted by Gasteiger charge is -2.36. The van der Waals surface area contributed by atoms with Crippen LogP contribution in [0.1, 0.15) is 89.3 Å². The standard InChI is InChI=1S/C26H36O2/c1-7-9-10-11-18(4)20(8-2)19-15-23(27)25-21-14-17(3)12-13-22(21)26(5,6)28-24(25)16-19/h12-16,18,20,27H,7-11H2,1-6H3. The molecular weight excluding hydrogens is 344 g/mol. The van der Waals surface area contributed by atoms with Crippen molar-refractivity contribution in [2.45, 2.75) is 85.2 Å². The van der Waals surface area contributed by atoms with Gasteiger partial charge in [-0.05, 0) is 62.3 Å². The van der Waals surface area contributed by atoms with Gasteiger partial charge in [0, 0.05) is 5.56 Å². The molecule has 0 aromatic heterocycles. The van der Waals surface area contributed by atoms with Crippen LogP contribution in [0, 0.1) is 12.8 Å². The molecule has 2 aromatic carbocycles. The predicted octanol–water partition coefficient (Wildman–Crippen LogP) is 7.71. The molecule has 0 amide bonds. The van der Waals surface area contributed by atoms with Gasteiger partial charge in [-0.2, -0.15) is 0 Å². The molecule has 1 N–H and O–H groups in total. The van der Waals surface area contributed by atoms with E-state index in [-0.39, 0.29) is 0 Å². The van der Waals surface area contributed by atoms with Gasteiger partial charge in [-0.1, -0.05) is 70.2 Å². The Bertz CT molecular complexity index is 835. The van der Waals surface area contributed by atoms with Crippen molar-refractivity contribution in [1.82, 2.24) is 0 Å². The first-order chi connectivity index (χ1) is 13.3. The lowest BCUT2D eigenvalue weighted by Crippen LogP contribution is -2.29. The van der Waals surface area contributed by atoms with Crippen molar-refractivity contribution in [3.05, 3.63) is 47.0 Å². The maximum absolute atomic E-state index is 11.0. The highest BCUT2D eigenvalue weighted by Gasteiger charge is 2.35. The number of phenolic OH excluding ortho intramolecular Hbond substituents is 1. The number of hydrogen-bond donors (Lipinski definition) is 1. The molecule has 2 unspecified atom stereocenters. The highest BCUT2D eigenvalue weighted by atomic mass is 16.5. The SMILES string of the molecule is CCCCCC(C)C(CC)c1cc(O)c2c(c1)OC(C)(C)c1ccc(C)cc1-2. The molecule has 2 heteroatoms. The normalized spacial score (nSPS) is 16.6. The van der Waals surface area contributed by atoms with E-state index in [4.69, 9.17) is 4.74 Å². The molecule has 28 heavy (non-hydrogen) atoms. The van der Waals surface area contributed by atoms with E-state index in [1.807, 2.05) is 6.07 Å². The second-order valence-electron chi connectivity index (χ2n) is 9.06. The molecule has 0 bridgehead atoms. The fourth-order valence-electron chi connectivity index (χ4n) is 4.79. The van der Waals surface area contributed by atoms with E-state index < -0.39 is 5.60 Å². The number of rotatable bonds is 7. The molecule has 0 aliphatic carbocycles. The Morgan fingerprint density at radius 1 is 1.07 bits per heavy atom. The summed E-state index contributed by atoms with van der Waals surface area (Å²) in [4.78, 5) is 0. The van der Waals surface area contributed by atoms with Crippen LogP contribution in [0.15, 0.2) is 30.3 Å². The van der Waals surface area contributed by atoms with Gasteiger partial charge in [0.25, 0.3) is 0 Å². The van der Waals surface area contributed by atoms with Crippen LogP contribution in [0.5, 0.6) is 11.5 Å². The summed E-state index contributed by atoms with van der Waals surface area (Å²) in [6.07, 6.45) is 6.14. The average molecular weight is 381 g/mol. The fourth-order valence-corrected chi connectivity index (χ4v) is 4.79. The van der Waals surface area contributed by atoms with Gasteiger partial charge in [-0.15, -0.1) is 0 Å². The molecule has 0 saturated heterocycles. The molecule has 1 heterocycles. The summed E-state index contributed by atoms with van der Waals surface area (Å²) in [5.41, 5.74) is 5.06. The summed E-state index contributed by atoms with van der Waals surface area (Å²) in [5, 5.41) is 11.0. The second kappa shape index (κ2) is 8.19. The van der Waals surface area contributed by atoms with E-state index in [1.165, 1.54) is 36.8 Å². The van der Waals surface area contributed by atoms with Crippen LogP contribution in [0.3, 0.4) is 0 Å². The zero-order valence-corrected chi connectivity index (χ0v) is 18.4. The third-order valence-electron chi connectivity index (χ3n) is 6.38. The molecule has 152 valence electrons. The smallest absolute Gasteiger partial charge is 0.132 e. The van der Waals surface area contributed by atoms with Gasteiger partial charge in [-0.25, -0.2) is 0 Å². The van der Waals surface area contributed by atoms with Gasteiger partial charge in [0.15, 0.2) is 0 Å². The minimum absolute atomic E-state index is 0.342. The van der Waals surface area contributed by atoms with Crippen molar-refractivity contribution in [2.75, 3.05) is 0 Å². The highest BCUT2D eigenvalue weighted by Crippen LogP contribution is 2.51. The van der Waals surface area contributed by atoms with Crippen LogP contribution in [-0.2, 0) is 5.60 Å². The van der Waals surface area contributed by atoms with E-state index in [9.17, 15) is 5.11 Å². The Hall–Kier alpha value is -1.96. The Labute approximate surface area is 170 Å². The van der Waals surface area contributed by atoms with Gasteiger partial charge < -0.3 is 9.84 Å². The van der Waals surface area contributed by atoms with Crippen molar-refractivity contribution < 1.29 is 9.84 Å². The molecule has 1 aliphatic heterocycles. The molecule has 0 fully saturated rings. The highest BCUT2D eigenvalue weighted by molar-refractivity contribution is 5.82. The minimum Gasteiger partial charge on any atom is -0.507 e. The molecule has 0 saturated carbocycles. The Balaban J connectivity index is 2.03. The summed E-state index contributed by atoms with van der Waals surface area (Å²) in [7, 11) is 0. The number of aryl methyl sites for hydroxylation is 1. The zero-order chi connectivity index (χ0) is 20.5. The van der Waals surface area contributed by atoms with E-state index in [1.54, 1.807) is 0 Å². The van der Waals surface area contributed by atoms with Gasteiger partial charge in [0.1, 0.15) is 17.1 Å². The number of ether oxygens (including phenoxy) is 1. The second-order valence-corrected chi connectivity index (χ2v) is 9.06. The number of benzene rings is 2. The molecule has 2 nitrogen and oxygen atoms in total. The van der Waals surface area contributed by atoms with E-state index >= 15 is 0 Å². The average Bonchev–Trinajstić information content (AvgIpc) is 2.61. The van der Waals surface area contributed by atoms with Crippen molar-refractivity contribution in [1.29, 1.82) is 0 Å². The third kappa shape index (κ3) is 3.92. The molecule has 3 rings (SSSR count). The molecule has 2 atom stereocenters. The lowest BCUT2D eigenvalue weighted by atomic mass is 9.80. The molecule has 1 aliphatic rings. The quantitative estimate of drug-likeness (QED) is 0.498. The number of fused-ring (bicyclic) bond motifs is 3. The molecule has 0 spiro atoms. The van der Waals surface area contributed by atoms with Gasteiger partial charge in [-0.3, -0.25) is 0 Å². The largest absolute Gasteiger partial charge is 0.507 e. The van der Waals surface area contributed by atoms with Gasteiger partial charge >= 0.3 is 0 Å². The summed E-state index contributed by atoms with van der Waals surface area (Å²) < 4.78 is 6.42. The van der Waals surface area contributed by atoms with Gasteiger partial charge in [0.05, 0.1) is 5.56 Å². The van der Waals surface area contributed by atoms with Gasteiger partial charge in [0.2, 0.25) is 0 Å². The van der Waals surface area contributed by atoms with E-state index in [0.29, 0.717) is 17.6 Å². The minimum atomic E-state index is -0.407. The third-order valence-corrected chi connectivity index (χ3v) is 6.38. The van der Waals surface area contributed by atoms with Crippen molar-refractivity contribution >= 4 is 0 Å². The first kappa shape index (κ1) is 20.8. The van der Waals surface area contributed by atoms with E-state index in [0.717, 1.165) is 28.9 Å². The Morgan fingerprint density at radius 2 is 1.82 bits per heavy atom. The summed E-state index contributed by atoms with van der Waals surface area (Å²) in [5.74, 6) is 2.20. The number of hydrogen-bond acceptors (Lipinski definition) is 2. The summed E-state index contributed by atoms with van der Waals surface area (Å²) >= 11 is 0. The molecule has 0 radical (unpaired) electrons. The first-order valence-corrected chi connectivity index (χ1v) is 11.0. The summed E-state index contributed by atoms with van der Waals surface area (Å²) in [6.45, 7) is 13.2. The molecule has 2 aromatic rings. The van der Waals surface area contributed by atoms with Crippen LogP contribution in [0.2, 0.25) is 0 Å². The fraction of sp³-hybridized carbons (Fsp3) is 0.538. The van der Waals surface area contributed by atoms with Crippen LogP contribution in [0.4, 0.5) is 0 Å². The van der Waals surface area contributed by atoms with Crippen LogP contribution in [-0.4, -0.2) is 5.11 Å². The first-order valence-electron chi connectivity index (χ1n) is 11.0. The Kier molecular flexibility index (Phi) is 6.07. The maximum atomic E-state index is 11.0. The van der Waals surface area contributed by atoms with E-state index in [2.05, 4.69) is 65.8 Å². The number of aromatic hydroxyl groups is 1. The summed E-state index contributed by atoms with van der Waals surface area (Å²) in [6, 6.07) is 10.6. The number of phenols is 1. The van der Waals surface area contributed by atoms with Crippen LogP contribution < -0.4 is 4.74 Å². The number of unbranched alkanes of at least 4 members (excludes halogenated alkanes) is 2. The topological polar surface area (TPSA) is 29.5 Å². The lowest BCUT2D eigenvalue weighted by molar-refractivity contribution is 0.105. The van der Waals surface area contributed by atoms with Crippen molar-refractivity contribution in [3.8, 4) is 22.6 Å².